The quantitative estimate of drug-likeness (QED) is 0.864. The minimum absolute atomic E-state index is 0.184. The van der Waals surface area contributed by atoms with E-state index in [1.807, 2.05) is 36.4 Å². The van der Waals surface area contributed by atoms with Gasteiger partial charge < -0.3 is 15.1 Å². The highest BCUT2D eigenvalue weighted by Crippen LogP contribution is 2.35. The molecule has 0 radical (unpaired) electrons. The van der Waals surface area contributed by atoms with Crippen LogP contribution in [0, 0.1) is 18.3 Å². The van der Waals surface area contributed by atoms with Crippen LogP contribution < -0.4 is 10.2 Å². The van der Waals surface area contributed by atoms with Crippen LogP contribution in [0.3, 0.4) is 0 Å². The molecule has 2 aromatic rings. The number of nitrogens with zero attached hydrogens (tertiary/aromatic N) is 5. The predicted molar refractivity (Wildman–Crippen MR) is 112 cm³/mol. The molecule has 4 rings (SSSR count). The number of nitrogens with one attached hydrogen (secondary N) is 1. The summed E-state index contributed by atoms with van der Waals surface area (Å²) in [6, 6.07) is 9.48. The standard InChI is InChI=1S/C22H26N6O/c1-17-15-24-21(25-16-17)28-12-10-27(11-13-28)20(29)22(8-2-3-9-22)26-19-6-4-18(14-23)5-7-19/h4-7,15-16,26H,2-3,8-13H2,1H3. The van der Waals surface area contributed by atoms with E-state index >= 15 is 0 Å². The van der Waals surface area contributed by atoms with Gasteiger partial charge in [0.2, 0.25) is 11.9 Å². The van der Waals surface area contributed by atoms with Crippen molar-refractivity contribution in [3.05, 3.63) is 47.8 Å². The van der Waals surface area contributed by atoms with Crippen molar-refractivity contribution in [3.63, 3.8) is 0 Å². The van der Waals surface area contributed by atoms with Gasteiger partial charge in [-0.1, -0.05) is 12.8 Å². The van der Waals surface area contributed by atoms with Crippen molar-refractivity contribution in [1.29, 1.82) is 5.26 Å². The SMILES string of the molecule is Cc1cnc(N2CCN(C(=O)C3(Nc4ccc(C#N)cc4)CCCC3)CC2)nc1. The van der Waals surface area contributed by atoms with Crippen LogP contribution in [0.5, 0.6) is 0 Å². The van der Waals surface area contributed by atoms with Crippen molar-refractivity contribution in [2.45, 2.75) is 38.1 Å². The summed E-state index contributed by atoms with van der Waals surface area (Å²) >= 11 is 0. The van der Waals surface area contributed by atoms with Gasteiger partial charge in [0.15, 0.2) is 0 Å². The third kappa shape index (κ3) is 4.02. The lowest BCUT2D eigenvalue weighted by molar-refractivity contribution is -0.136. The fraction of sp³-hybridized carbons (Fsp3) is 0.455. The van der Waals surface area contributed by atoms with Crippen molar-refractivity contribution in [2.75, 3.05) is 36.4 Å². The molecule has 2 heterocycles. The number of aryl methyl sites for hydroxylation is 1. The lowest BCUT2D eigenvalue weighted by atomic mass is 9.94. The zero-order chi connectivity index (χ0) is 20.3. The summed E-state index contributed by atoms with van der Waals surface area (Å²) < 4.78 is 0. The van der Waals surface area contributed by atoms with Gasteiger partial charge in [0.25, 0.3) is 0 Å². The minimum atomic E-state index is -0.545. The van der Waals surface area contributed by atoms with E-state index in [1.54, 1.807) is 12.1 Å². The fourth-order valence-corrected chi connectivity index (χ4v) is 4.24. The molecule has 150 valence electrons. The van der Waals surface area contributed by atoms with Crippen LogP contribution in [-0.2, 0) is 4.79 Å². The summed E-state index contributed by atoms with van der Waals surface area (Å²) in [6.07, 6.45) is 7.43. The summed E-state index contributed by atoms with van der Waals surface area (Å²) in [7, 11) is 0. The molecule has 1 saturated heterocycles. The number of carbonyl (C=O) groups is 1. The smallest absolute Gasteiger partial charge is 0.248 e. The molecule has 7 nitrogen and oxygen atoms in total. The summed E-state index contributed by atoms with van der Waals surface area (Å²) in [5, 5.41) is 12.5. The Labute approximate surface area is 171 Å². The van der Waals surface area contributed by atoms with Crippen LogP contribution in [0.15, 0.2) is 36.7 Å². The first-order valence-corrected chi connectivity index (χ1v) is 10.2. The van der Waals surface area contributed by atoms with E-state index < -0.39 is 5.54 Å². The Bertz CT molecular complexity index is 888. The molecule has 1 saturated carbocycles. The second-order valence-electron chi connectivity index (χ2n) is 7.94. The number of benzene rings is 1. The molecule has 2 fully saturated rings. The van der Waals surface area contributed by atoms with E-state index in [0.29, 0.717) is 18.7 Å². The van der Waals surface area contributed by atoms with E-state index in [9.17, 15) is 4.79 Å². The summed E-state index contributed by atoms with van der Waals surface area (Å²) in [5.74, 6) is 0.915. The maximum atomic E-state index is 13.5. The van der Waals surface area contributed by atoms with E-state index in [1.165, 1.54) is 0 Å². The highest BCUT2D eigenvalue weighted by Gasteiger charge is 2.44. The van der Waals surface area contributed by atoms with Crippen molar-refractivity contribution >= 4 is 17.5 Å². The molecule has 29 heavy (non-hydrogen) atoms. The van der Waals surface area contributed by atoms with Crippen molar-refractivity contribution < 1.29 is 4.79 Å². The van der Waals surface area contributed by atoms with Crippen LogP contribution in [0.1, 0.15) is 36.8 Å². The number of amides is 1. The van der Waals surface area contributed by atoms with E-state index in [2.05, 4.69) is 26.3 Å². The molecule has 1 amide bonds. The number of hydrogen-bond donors (Lipinski definition) is 1. The number of hydrogen-bond acceptors (Lipinski definition) is 6. The topological polar surface area (TPSA) is 85.2 Å². The Morgan fingerprint density at radius 1 is 1.07 bits per heavy atom. The molecule has 1 N–H and O–H groups in total. The van der Waals surface area contributed by atoms with Gasteiger partial charge in [0.1, 0.15) is 5.54 Å². The third-order valence-corrected chi connectivity index (χ3v) is 5.88. The van der Waals surface area contributed by atoms with Crippen LogP contribution in [-0.4, -0.2) is 52.5 Å². The van der Waals surface area contributed by atoms with Gasteiger partial charge in [0.05, 0.1) is 11.6 Å². The van der Waals surface area contributed by atoms with Gasteiger partial charge in [-0.15, -0.1) is 0 Å². The number of piperazine rings is 1. The van der Waals surface area contributed by atoms with Gasteiger partial charge in [-0.2, -0.15) is 5.26 Å². The van der Waals surface area contributed by atoms with Crippen LogP contribution in [0.2, 0.25) is 0 Å². The van der Waals surface area contributed by atoms with Gasteiger partial charge in [0, 0.05) is 44.3 Å². The number of aromatic nitrogens is 2. The second kappa shape index (κ2) is 8.08. The fourth-order valence-electron chi connectivity index (χ4n) is 4.24. The van der Waals surface area contributed by atoms with Crippen molar-refractivity contribution in [1.82, 2.24) is 14.9 Å². The van der Waals surface area contributed by atoms with E-state index in [4.69, 9.17) is 5.26 Å². The largest absolute Gasteiger partial charge is 0.371 e. The number of nitriles is 1. The van der Waals surface area contributed by atoms with E-state index in [-0.39, 0.29) is 5.91 Å². The van der Waals surface area contributed by atoms with Crippen LogP contribution >= 0.6 is 0 Å². The highest BCUT2D eigenvalue weighted by atomic mass is 16.2. The lowest BCUT2D eigenvalue weighted by Crippen LogP contribution is -2.58. The Morgan fingerprint density at radius 2 is 1.69 bits per heavy atom. The summed E-state index contributed by atoms with van der Waals surface area (Å²) in [6.45, 7) is 4.80. The minimum Gasteiger partial charge on any atom is -0.371 e. The van der Waals surface area contributed by atoms with Gasteiger partial charge >= 0.3 is 0 Å². The number of carbonyl (C=O) groups excluding carboxylic acids is 1. The lowest BCUT2D eigenvalue weighted by Gasteiger charge is -2.40. The zero-order valence-electron chi connectivity index (χ0n) is 16.8. The molecule has 1 aliphatic carbocycles. The van der Waals surface area contributed by atoms with E-state index in [0.717, 1.165) is 56.0 Å². The maximum Gasteiger partial charge on any atom is 0.248 e. The average Bonchev–Trinajstić information content (AvgIpc) is 3.24. The normalized spacial score (nSPS) is 18.3. The molecule has 0 unspecified atom stereocenters. The molecule has 0 bridgehead atoms. The summed E-state index contributed by atoms with van der Waals surface area (Å²) in [4.78, 5) is 26.4. The molecule has 1 aromatic heterocycles. The maximum absolute atomic E-state index is 13.5. The molecule has 0 atom stereocenters. The molecule has 0 spiro atoms. The molecule has 1 aromatic carbocycles. The highest BCUT2D eigenvalue weighted by molar-refractivity contribution is 5.90. The molecule has 7 heteroatoms. The molecular weight excluding hydrogens is 364 g/mol. The van der Waals surface area contributed by atoms with Crippen LogP contribution in [0.4, 0.5) is 11.6 Å². The Morgan fingerprint density at radius 3 is 2.28 bits per heavy atom. The average molecular weight is 390 g/mol. The number of rotatable bonds is 4. The first kappa shape index (κ1) is 19.2. The molecule has 1 aliphatic heterocycles. The van der Waals surface area contributed by atoms with Gasteiger partial charge in [-0.3, -0.25) is 4.79 Å². The van der Waals surface area contributed by atoms with Crippen molar-refractivity contribution in [3.8, 4) is 6.07 Å². The van der Waals surface area contributed by atoms with Gasteiger partial charge in [-0.05, 0) is 49.6 Å². The number of anilines is 2. The zero-order valence-corrected chi connectivity index (χ0v) is 16.8. The third-order valence-electron chi connectivity index (χ3n) is 5.88. The van der Waals surface area contributed by atoms with Crippen LogP contribution in [0.25, 0.3) is 0 Å². The molecular formula is C22H26N6O. The van der Waals surface area contributed by atoms with Crippen molar-refractivity contribution in [2.24, 2.45) is 0 Å². The Kier molecular flexibility index (Phi) is 5.34. The first-order chi connectivity index (χ1) is 14.1. The summed E-state index contributed by atoms with van der Waals surface area (Å²) in [5.41, 5.74) is 2.01. The Hall–Kier alpha value is -3.14. The first-order valence-electron chi connectivity index (χ1n) is 10.2. The molecule has 2 aliphatic rings. The Balaban J connectivity index is 1.43. The monoisotopic (exact) mass is 390 g/mol. The predicted octanol–water partition coefficient (Wildman–Crippen LogP) is 2.73. The van der Waals surface area contributed by atoms with Gasteiger partial charge in [-0.25, -0.2) is 9.97 Å². The second-order valence-corrected chi connectivity index (χ2v) is 7.94.